The smallest absolute Gasteiger partial charge is 0.325 e. The first-order valence-electron chi connectivity index (χ1n) is 9.31. The molecule has 168 valence electrons. The molecule has 0 bridgehead atoms. The van der Waals surface area contributed by atoms with E-state index in [2.05, 4.69) is 31.5 Å². The maximum atomic E-state index is 13.6. The predicted octanol–water partition coefficient (Wildman–Crippen LogP) is 0.922. The molecule has 0 spiro atoms. The van der Waals surface area contributed by atoms with E-state index in [0.29, 0.717) is 0 Å². The summed E-state index contributed by atoms with van der Waals surface area (Å²) in [6.07, 6.45) is -0.987. The number of aryl methyl sites for hydroxylation is 1. The molecule has 0 radical (unpaired) electrons. The molecule has 9 nitrogen and oxygen atoms in total. The second kappa shape index (κ2) is 7.60. The zero-order valence-corrected chi connectivity index (χ0v) is 16.2. The molecule has 1 amide bonds. The number of halogens is 5. The van der Waals surface area contributed by atoms with Crippen molar-refractivity contribution in [2.45, 2.75) is 24.6 Å². The summed E-state index contributed by atoms with van der Waals surface area (Å²) in [6, 6.07) is -0.667. The summed E-state index contributed by atoms with van der Waals surface area (Å²) in [5, 5.41) is 12.6. The van der Waals surface area contributed by atoms with Crippen molar-refractivity contribution in [1.29, 1.82) is 0 Å². The van der Waals surface area contributed by atoms with Crippen molar-refractivity contribution < 1.29 is 26.7 Å². The van der Waals surface area contributed by atoms with Crippen molar-refractivity contribution in [3.8, 4) is 0 Å². The molecule has 14 heteroatoms. The normalized spacial score (nSPS) is 24.4. The fourth-order valence-electron chi connectivity index (χ4n) is 3.49. The highest BCUT2D eigenvalue weighted by molar-refractivity contribution is 6.06. The van der Waals surface area contributed by atoms with Crippen molar-refractivity contribution in [1.82, 2.24) is 30.8 Å². The standard InChI is InChI=1S/C17H19F5N8O/c1-29-7-11(13(28-29)17(20,21)22)26-15(31)10-6-24-30-3-2-12(27-14(10)30)25-9-4-16(18,19)8-23-5-9/h2-3,7,9,23-24H,4-6,8H2,1H3,(H,25,27)(H,26,31)/t9-/m1/s1. The summed E-state index contributed by atoms with van der Waals surface area (Å²) in [7, 11) is 1.31. The number of carbonyl (C=O) groups is 1. The van der Waals surface area contributed by atoms with Crippen LogP contribution in [0, 0.1) is 0 Å². The Balaban J connectivity index is 1.54. The highest BCUT2D eigenvalue weighted by Gasteiger charge is 2.39. The number of amides is 1. The molecule has 1 fully saturated rings. The van der Waals surface area contributed by atoms with Crippen molar-refractivity contribution in [2.75, 3.05) is 25.0 Å². The van der Waals surface area contributed by atoms with Crippen LogP contribution in [0.5, 0.6) is 0 Å². The van der Waals surface area contributed by atoms with Gasteiger partial charge >= 0.3 is 6.18 Å². The first-order chi connectivity index (χ1) is 14.5. The Morgan fingerprint density at radius 2 is 2.16 bits per heavy atom. The number of amidine groups is 1. The van der Waals surface area contributed by atoms with E-state index in [9.17, 15) is 26.7 Å². The van der Waals surface area contributed by atoms with Crippen LogP contribution >= 0.6 is 0 Å². The predicted molar refractivity (Wildman–Crippen MR) is 99.6 cm³/mol. The molecule has 1 atom stereocenters. The van der Waals surface area contributed by atoms with Crippen LogP contribution in [0.2, 0.25) is 0 Å². The lowest BCUT2D eigenvalue weighted by molar-refractivity contribution is -0.140. The van der Waals surface area contributed by atoms with Gasteiger partial charge in [-0.15, -0.1) is 0 Å². The number of carbonyl (C=O) groups excluding carboxylic acids is 1. The average Bonchev–Trinajstić information content (AvgIpc) is 3.23. The van der Waals surface area contributed by atoms with Gasteiger partial charge in [0.05, 0.1) is 23.8 Å². The summed E-state index contributed by atoms with van der Waals surface area (Å²) in [5.41, 5.74) is 1.33. The van der Waals surface area contributed by atoms with Gasteiger partial charge in [-0.1, -0.05) is 0 Å². The maximum Gasteiger partial charge on any atom is 0.437 e. The van der Waals surface area contributed by atoms with Crippen LogP contribution in [-0.2, 0) is 18.0 Å². The lowest BCUT2D eigenvalue weighted by Gasteiger charge is -2.29. The molecule has 0 saturated carbocycles. The van der Waals surface area contributed by atoms with Crippen molar-refractivity contribution in [2.24, 2.45) is 12.0 Å². The van der Waals surface area contributed by atoms with E-state index in [0.717, 1.165) is 10.9 Å². The monoisotopic (exact) mass is 446 g/mol. The molecule has 1 aromatic rings. The number of rotatable bonds is 3. The molecule has 4 heterocycles. The number of alkyl halides is 5. The van der Waals surface area contributed by atoms with Gasteiger partial charge in [0.25, 0.3) is 11.8 Å². The Morgan fingerprint density at radius 1 is 1.39 bits per heavy atom. The van der Waals surface area contributed by atoms with Crippen LogP contribution in [0.15, 0.2) is 34.9 Å². The topological polar surface area (TPSA) is 98.6 Å². The minimum Gasteiger partial charge on any atom is -0.325 e. The van der Waals surface area contributed by atoms with E-state index in [1.807, 2.05) is 0 Å². The quantitative estimate of drug-likeness (QED) is 0.516. The number of anilines is 1. The Bertz CT molecular complexity index is 980. The van der Waals surface area contributed by atoms with Crippen LogP contribution in [0.1, 0.15) is 12.1 Å². The minimum atomic E-state index is -4.73. The summed E-state index contributed by atoms with van der Waals surface area (Å²) in [5.74, 6) is -3.11. The number of aliphatic imine (C=N–C) groups is 1. The second-order valence-electron chi connectivity index (χ2n) is 7.35. The third kappa shape index (κ3) is 4.54. The number of hydrogen-bond acceptors (Lipinski definition) is 6. The largest absolute Gasteiger partial charge is 0.437 e. The lowest BCUT2D eigenvalue weighted by atomic mass is 10.0. The molecule has 4 N–H and O–H groups in total. The van der Waals surface area contributed by atoms with Crippen LogP contribution in [-0.4, -0.2) is 58.1 Å². The van der Waals surface area contributed by atoms with E-state index < -0.39 is 48.4 Å². The summed E-state index contributed by atoms with van der Waals surface area (Å²) in [4.78, 5) is 17.0. The Labute approximate surface area is 173 Å². The van der Waals surface area contributed by atoms with Gasteiger partial charge < -0.3 is 16.0 Å². The molecule has 31 heavy (non-hydrogen) atoms. The van der Waals surface area contributed by atoms with E-state index in [-0.39, 0.29) is 30.3 Å². The van der Waals surface area contributed by atoms with Gasteiger partial charge in [-0.2, -0.15) is 18.3 Å². The third-order valence-electron chi connectivity index (χ3n) is 4.82. The van der Waals surface area contributed by atoms with Crippen molar-refractivity contribution >= 4 is 17.4 Å². The van der Waals surface area contributed by atoms with Crippen molar-refractivity contribution in [3.63, 3.8) is 0 Å². The summed E-state index contributed by atoms with van der Waals surface area (Å²) < 4.78 is 67.5. The van der Waals surface area contributed by atoms with Crippen LogP contribution in [0.25, 0.3) is 0 Å². The highest BCUT2D eigenvalue weighted by atomic mass is 19.4. The van der Waals surface area contributed by atoms with Gasteiger partial charge in [0.1, 0.15) is 11.7 Å². The molecule has 1 saturated heterocycles. The van der Waals surface area contributed by atoms with Crippen LogP contribution < -0.4 is 21.4 Å². The molecular formula is C17H19F5N8O. The van der Waals surface area contributed by atoms with Crippen LogP contribution in [0.3, 0.4) is 0 Å². The van der Waals surface area contributed by atoms with E-state index in [1.54, 1.807) is 12.3 Å². The molecular weight excluding hydrogens is 427 g/mol. The summed E-state index contributed by atoms with van der Waals surface area (Å²) in [6.45, 7) is -0.0836. The third-order valence-corrected chi connectivity index (χ3v) is 4.82. The molecule has 1 aromatic heterocycles. The van der Waals surface area contributed by atoms with E-state index in [4.69, 9.17) is 0 Å². The average molecular weight is 446 g/mol. The molecule has 4 rings (SSSR count). The number of nitrogens with zero attached hydrogens (tertiary/aromatic N) is 4. The number of hydrogen-bond donors (Lipinski definition) is 4. The van der Waals surface area contributed by atoms with E-state index >= 15 is 0 Å². The molecule has 3 aliphatic heterocycles. The van der Waals surface area contributed by atoms with E-state index in [1.165, 1.54) is 12.1 Å². The Hall–Kier alpha value is -3.00. The molecule has 0 unspecified atom stereocenters. The second-order valence-corrected chi connectivity index (χ2v) is 7.35. The number of aromatic nitrogens is 2. The number of piperidine rings is 1. The minimum absolute atomic E-state index is 0.0382. The van der Waals surface area contributed by atoms with Gasteiger partial charge in [0, 0.05) is 39.0 Å². The molecule has 3 aliphatic rings. The first kappa shape index (κ1) is 21.2. The van der Waals surface area contributed by atoms with Crippen molar-refractivity contribution in [3.05, 3.63) is 35.6 Å². The Kier molecular flexibility index (Phi) is 5.21. The molecule has 0 aromatic carbocycles. The lowest BCUT2D eigenvalue weighted by Crippen LogP contribution is -2.47. The number of nitrogens with one attached hydrogen (secondary N) is 4. The zero-order valence-electron chi connectivity index (χ0n) is 16.2. The van der Waals surface area contributed by atoms with Gasteiger partial charge in [0.2, 0.25) is 0 Å². The maximum absolute atomic E-state index is 13.6. The Morgan fingerprint density at radius 3 is 2.87 bits per heavy atom. The van der Waals surface area contributed by atoms with Gasteiger partial charge in [-0.3, -0.25) is 19.5 Å². The van der Waals surface area contributed by atoms with Gasteiger partial charge in [0.15, 0.2) is 5.69 Å². The zero-order chi connectivity index (χ0) is 22.4. The summed E-state index contributed by atoms with van der Waals surface area (Å²) >= 11 is 0. The SMILES string of the molecule is Cn1cc(NC(=O)C2=C3NC(=N[C@H]4CNCC(F)(F)C4)C=CN3NC2)c(C(F)(F)F)n1. The number of hydrazine groups is 1. The van der Waals surface area contributed by atoms with Gasteiger partial charge in [-0.25, -0.2) is 14.2 Å². The fourth-order valence-corrected chi connectivity index (χ4v) is 3.49. The highest BCUT2D eigenvalue weighted by Crippen LogP contribution is 2.33. The molecule has 0 aliphatic carbocycles. The number of fused-ring (bicyclic) bond motifs is 1. The van der Waals surface area contributed by atoms with Crippen LogP contribution in [0.4, 0.5) is 27.6 Å². The van der Waals surface area contributed by atoms with Gasteiger partial charge in [-0.05, 0) is 6.08 Å². The first-order valence-corrected chi connectivity index (χ1v) is 9.31. The fraction of sp³-hybridized carbons (Fsp3) is 0.471.